The fraction of sp³-hybridized carbons (Fsp3) is 0.333. The van der Waals surface area contributed by atoms with Crippen LogP contribution in [0, 0.1) is 0 Å². The van der Waals surface area contributed by atoms with Gasteiger partial charge in [0.2, 0.25) is 0 Å². The molecule has 2 aromatic heterocycles. The molecule has 0 radical (unpaired) electrons. The van der Waals surface area contributed by atoms with E-state index >= 15 is 0 Å². The van der Waals surface area contributed by atoms with Crippen molar-refractivity contribution in [1.29, 1.82) is 0 Å². The first kappa shape index (κ1) is 11.0. The van der Waals surface area contributed by atoms with E-state index in [-0.39, 0.29) is 0 Å². The van der Waals surface area contributed by atoms with Gasteiger partial charge in [-0.15, -0.1) is 0 Å². The molecule has 1 unspecified atom stereocenters. The van der Waals surface area contributed by atoms with E-state index in [0.29, 0.717) is 18.9 Å². The fourth-order valence-electron chi connectivity index (χ4n) is 2.29. The van der Waals surface area contributed by atoms with Crippen LogP contribution in [0.3, 0.4) is 0 Å². The number of anilines is 1. The maximum Gasteiger partial charge on any atom is 0.327 e. The summed E-state index contributed by atoms with van der Waals surface area (Å²) in [6, 6.07) is 3.00. The van der Waals surface area contributed by atoms with Crippen LogP contribution < -0.4 is 10.2 Å². The van der Waals surface area contributed by atoms with Crippen LogP contribution in [0.25, 0.3) is 11.0 Å². The summed E-state index contributed by atoms with van der Waals surface area (Å²) < 4.78 is 5.32. The van der Waals surface area contributed by atoms with E-state index in [0.717, 1.165) is 17.5 Å². The Bertz CT molecular complexity index is 581. The Morgan fingerprint density at radius 1 is 1.56 bits per heavy atom. The fourth-order valence-corrected chi connectivity index (χ4v) is 2.29. The standard InChI is InChI=1S/C12H13N3O3/c16-12(17)9-7-13-4-5-15(9)11-8-2-6-18-10(8)1-3-14-11/h1-3,6,9,13H,4-5,7H2,(H,16,17). The number of carboxylic acids is 1. The second-order valence-electron chi connectivity index (χ2n) is 4.22. The number of fused-ring (bicyclic) bond motifs is 1. The van der Waals surface area contributed by atoms with Crippen molar-refractivity contribution in [3.05, 3.63) is 24.6 Å². The van der Waals surface area contributed by atoms with Crippen LogP contribution >= 0.6 is 0 Å². The zero-order valence-corrected chi connectivity index (χ0v) is 9.67. The number of pyridine rings is 1. The summed E-state index contributed by atoms with van der Waals surface area (Å²) in [5.74, 6) is -0.167. The highest BCUT2D eigenvalue weighted by Crippen LogP contribution is 2.27. The maximum atomic E-state index is 11.3. The quantitative estimate of drug-likeness (QED) is 0.813. The zero-order valence-electron chi connectivity index (χ0n) is 9.67. The summed E-state index contributed by atoms with van der Waals surface area (Å²) in [5.41, 5.74) is 0.725. The van der Waals surface area contributed by atoms with Gasteiger partial charge in [0.25, 0.3) is 0 Å². The molecule has 0 amide bonds. The van der Waals surface area contributed by atoms with Gasteiger partial charge in [-0.1, -0.05) is 0 Å². The van der Waals surface area contributed by atoms with Gasteiger partial charge in [-0.2, -0.15) is 0 Å². The van der Waals surface area contributed by atoms with E-state index in [4.69, 9.17) is 4.42 Å². The lowest BCUT2D eigenvalue weighted by Crippen LogP contribution is -2.55. The van der Waals surface area contributed by atoms with Gasteiger partial charge in [0.15, 0.2) is 0 Å². The topological polar surface area (TPSA) is 78.6 Å². The van der Waals surface area contributed by atoms with Crippen molar-refractivity contribution in [1.82, 2.24) is 10.3 Å². The molecule has 2 N–H and O–H groups in total. The molecule has 3 heterocycles. The Balaban J connectivity index is 2.06. The molecule has 3 rings (SSSR count). The lowest BCUT2D eigenvalue weighted by molar-refractivity contribution is -0.138. The van der Waals surface area contributed by atoms with Crippen molar-refractivity contribution in [2.75, 3.05) is 24.5 Å². The largest absolute Gasteiger partial charge is 0.480 e. The van der Waals surface area contributed by atoms with Crippen LogP contribution in [0.15, 0.2) is 29.0 Å². The van der Waals surface area contributed by atoms with Gasteiger partial charge in [0.05, 0.1) is 11.6 Å². The lowest BCUT2D eigenvalue weighted by atomic mass is 10.1. The minimum Gasteiger partial charge on any atom is -0.480 e. The van der Waals surface area contributed by atoms with Gasteiger partial charge in [0, 0.05) is 25.8 Å². The van der Waals surface area contributed by atoms with E-state index in [2.05, 4.69) is 10.3 Å². The molecular formula is C12H13N3O3. The maximum absolute atomic E-state index is 11.3. The van der Waals surface area contributed by atoms with E-state index < -0.39 is 12.0 Å². The first-order valence-corrected chi connectivity index (χ1v) is 5.80. The average Bonchev–Trinajstić information content (AvgIpc) is 2.86. The molecule has 18 heavy (non-hydrogen) atoms. The van der Waals surface area contributed by atoms with Crippen LogP contribution in [0.1, 0.15) is 0 Å². The molecule has 1 aliphatic heterocycles. The minimum absolute atomic E-state index is 0.422. The van der Waals surface area contributed by atoms with E-state index in [1.807, 2.05) is 11.0 Å². The summed E-state index contributed by atoms with van der Waals surface area (Å²) in [6.45, 7) is 1.79. The molecule has 2 aromatic rings. The highest BCUT2D eigenvalue weighted by Gasteiger charge is 2.30. The summed E-state index contributed by atoms with van der Waals surface area (Å²) in [7, 11) is 0. The third-order valence-corrected chi connectivity index (χ3v) is 3.16. The Morgan fingerprint density at radius 2 is 2.44 bits per heavy atom. The van der Waals surface area contributed by atoms with Gasteiger partial charge in [0.1, 0.15) is 17.4 Å². The van der Waals surface area contributed by atoms with Crippen LogP contribution in [-0.4, -0.2) is 41.7 Å². The molecule has 6 heteroatoms. The lowest BCUT2D eigenvalue weighted by Gasteiger charge is -2.34. The van der Waals surface area contributed by atoms with E-state index in [9.17, 15) is 9.90 Å². The summed E-state index contributed by atoms with van der Waals surface area (Å²) in [5, 5.41) is 13.2. The van der Waals surface area contributed by atoms with Crippen LogP contribution in [0.5, 0.6) is 0 Å². The molecule has 0 spiro atoms. The number of aromatic nitrogens is 1. The second-order valence-corrected chi connectivity index (χ2v) is 4.22. The number of nitrogens with zero attached hydrogens (tertiary/aromatic N) is 2. The van der Waals surface area contributed by atoms with Gasteiger partial charge in [-0.05, 0) is 12.1 Å². The number of nitrogens with one attached hydrogen (secondary N) is 1. The predicted molar refractivity (Wildman–Crippen MR) is 65.6 cm³/mol. The molecule has 0 aliphatic carbocycles. The third kappa shape index (κ3) is 1.70. The van der Waals surface area contributed by atoms with Crippen LogP contribution in [-0.2, 0) is 4.79 Å². The number of aliphatic carboxylic acids is 1. The number of hydrogen-bond donors (Lipinski definition) is 2. The zero-order chi connectivity index (χ0) is 12.5. The van der Waals surface area contributed by atoms with Crippen molar-refractivity contribution in [3.8, 4) is 0 Å². The number of carboxylic acid groups (broad SMARTS) is 1. The molecule has 0 aromatic carbocycles. The Hall–Kier alpha value is -2.08. The first-order chi connectivity index (χ1) is 8.77. The number of carbonyl (C=O) groups is 1. The number of piperazine rings is 1. The Labute approximate surface area is 103 Å². The molecule has 1 atom stereocenters. The molecule has 94 valence electrons. The number of rotatable bonds is 2. The van der Waals surface area contributed by atoms with Crippen molar-refractivity contribution in [3.63, 3.8) is 0 Å². The molecule has 1 saturated heterocycles. The first-order valence-electron chi connectivity index (χ1n) is 5.80. The van der Waals surface area contributed by atoms with E-state index in [1.165, 1.54) is 0 Å². The van der Waals surface area contributed by atoms with Crippen molar-refractivity contribution < 1.29 is 14.3 Å². The SMILES string of the molecule is O=C(O)C1CNCCN1c1nccc2occc12. The second kappa shape index (κ2) is 4.30. The molecular weight excluding hydrogens is 234 g/mol. The van der Waals surface area contributed by atoms with Crippen molar-refractivity contribution in [2.45, 2.75) is 6.04 Å². The van der Waals surface area contributed by atoms with Gasteiger partial charge < -0.3 is 19.7 Å². The molecule has 0 bridgehead atoms. The van der Waals surface area contributed by atoms with Gasteiger partial charge in [-0.25, -0.2) is 9.78 Å². The number of hydrogen-bond acceptors (Lipinski definition) is 5. The van der Waals surface area contributed by atoms with Crippen LogP contribution in [0.4, 0.5) is 5.82 Å². The summed E-state index contributed by atoms with van der Waals surface area (Å²) >= 11 is 0. The predicted octanol–water partition coefficient (Wildman–Crippen LogP) is 0.691. The molecule has 0 saturated carbocycles. The van der Waals surface area contributed by atoms with Crippen molar-refractivity contribution >= 4 is 22.8 Å². The average molecular weight is 247 g/mol. The van der Waals surface area contributed by atoms with E-state index in [1.54, 1.807) is 18.5 Å². The third-order valence-electron chi connectivity index (χ3n) is 3.16. The molecule has 1 aliphatic rings. The smallest absolute Gasteiger partial charge is 0.327 e. The monoisotopic (exact) mass is 247 g/mol. The normalized spacial score (nSPS) is 20.2. The van der Waals surface area contributed by atoms with Gasteiger partial charge in [-0.3, -0.25) is 0 Å². The summed E-state index contributed by atoms with van der Waals surface area (Å²) in [4.78, 5) is 17.4. The van der Waals surface area contributed by atoms with Crippen molar-refractivity contribution in [2.24, 2.45) is 0 Å². The molecule has 6 nitrogen and oxygen atoms in total. The Morgan fingerprint density at radius 3 is 3.28 bits per heavy atom. The molecule has 1 fully saturated rings. The highest BCUT2D eigenvalue weighted by atomic mass is 16.4. The minimum atomic E-state index is -0.843. The highest BCUT2D eigenvalue weighted by molar-refractivity contribution is 5.91. The Kier molecular flexibility index (Phi) is 2.64. The number of furan rings is 1. The summed E-state index contributed by atoms with van der Waals surface area (Å²) in [6.07, 6.45) is 3.23. The van der Waals surface area contributed by atoms with Gasteiger partial charge >= 0.3 is 5.97 Å². The van der Waals surface area contributed by atoms with Crippen LogP contribution in [0.2, 0.25) is 0 Å².